The van der Waals surface area contributed by atoms with E-state index < -0.39 is 12.0 Å². The largest absolute Gasteiger partial charge is 0.467 e. The second-order valence-electron chi connectivity index (χ2n) is 6.54. The predicted molar refractivity (Wildman–Crippen MR) is 101 cm³/mol. The maximum atomic E-state index is 12.2. The molecule has 1 rings (SSSR count). The Balaban J connectivity index is 2.50. The third kappa shape index (κ3) is 7.23. The van der Waals surface area contributed by atoms with Crippen LogP contribution in [-0.4, -0.2) is 56.0 Å². The number of carbonyl (C=O) groups is 3. The maximum Gasteiger partial charge on any atom is 0.328 e. The lowest BCUT2D eigenvalue weighted by atomic mass is 9.99. The summed E-state index contributed by atoms with van der Waals surface area (Å²) in [6.45, 7) is 5.85. The Morgan fingerprint density at radius 1 is 1.12 bits per heavy atom. The number of hydrogen-bond acceptors (Lipinski definition) is 5. The van der Waals surface area contributed by atoms with E-state index in [4.69, 9.17) is 4.74 Å². The van der Waals surface area contributed by atoms with Crippen LogP contribution in [0.4, 0.5) is 5.69 Å². The summed E-state index contributed by atoms with van der Waals surface area (Å²) < 4.78 is 4.75. The summed E-state index contributed by atoms with van der Waals surface area (Å²) >= 11 is 0. The number of esters is 1. The van der Waals surface area contributed by atoms with Crippen LogP contribution in [0.5, 0.6) is 0 Å². The molecule has 0 fully saturated rings. The van der Waals surface area contributed by atoms with E-state index in [2.05, 4.69) is 10.6 Å². The zero-order valence-corrected chi connectivity index (χ0v) is 16.2. The molecule has 7 heteroatoms. The molecule has 1 aromatic carbocycles. The molecule has 2 N–H and O–H groups in total. The first kappa shape index (κ1) is 21.6. The van der Waals surface area contributed by atoms with Crippen molar-refractivity contribution in [2.45, 2.75) is 33.2 Å². The minimum absolute atomic E-state index is 0.00520. The molecule has 0 aliphatic heterocycles. The highest BCUT2D eigenvalue weighted by molar-refractivity contribution is 5.92. The average Bonchev–Trinajstić information content (AvgIpc) is 2.60. The highest BCUT2D eigenvalue weighted by Crippen LogP contribution is 2.10. The van der Waals surface area contributed by atoms with E-state index in [0.717, 1.165) is 12.0 Å². The minimum atomic E-state index is -0.688. The Labute approximate surface area is 155 Å². The van der Waals surface area contributed by atoms with Gasteiger partial charge in [0.15, 0.2) is 0 Å². The van der Waals surface area contributed by atoms with Gasteiger partial charge in [-0.1, -0.05) is 38.0 Å². The number of anilines is 1. The molecule has 0 saturated heterocycles. The first-order valence-electron chi connectivity index (χ1n) is 8.69. The molecule has 7 nitrogen and oxygen atoms in total. The Morgan fingerprint density at radius 2 is 1.69 bits per heavy atom. The third-order valence-electron chi connectivity index (χ3n) is 4.15. The Kier molecular flexibility index (Phi) is 8.78. The van der Waals surface area contributed by atoms with Gasteiger partial charge in [-0.15, -0.1) is 0 Å². The van der Waals surface area contributed by atoms with Crippen LogP contribution in [0.2, 0.25) is 0 Å². The topological polar surface area (TPSA) is 87.7 Å². The normalized spacial score (nSPS) is 13.0. The molecule has 0 unspecified atom stereocenters. The lowest BCUT2D eigenvalue weighted by molar-refractivity contribution is -0.146. The van der Waals surface area contributed by atoms with Crippen LogP contribution in [0, 0.1) is 12.8 Å². The number of amides is 2. The summed E-state index contributed by atoms with van der Waals surface area (Å²) in [6.07, 6.45) is 0.731. The molecule has 0 heterocycles. The van der Waals surface area contributed by atoms with Crippen LogP contribution in [0.3, 0.4) is 0 Å². The van der Waals surface area contributed by atoms with Gasteiger partial charge in [0.05, 0.1) is 20.2 Å². The molecule has 144 valence electrons. The smallest absolute Gasteiger partial charge is 0.328 e. The number of benzene rings is 1. The van der Waals surface area contributed by atoms with E-state index in [0.29, 0.717) is 5.69 Å². The lowest BCUT2D eigenvalue weighted by Crippen LogP contribution is -2.49. The van der Waals surface area contributed by atoms with Crippen LogP contribution in [0.25, 0.3) is 0 Å². The summed E-state index contributed by atoms with van der Waals surface area (Å²) in [5.41, 5.74) is 1.82. The van der Waals surface area contributed by atoms with Crippen molar-refractivity contribution in [2.75, 3.05) is 32.6 Å². The highest BCUT2D eigenvalue weighted by Gasteiger charge is 2.27. The van der Waals surface area contributed by atoms with E-state index in [9.17, 15) is 14.4 Å². The van der Waals surface area contributed by atoms with Crippen molar-refractivity contribution < 1.29 is 19.1 Å². The number of likely N-dealkylation sites (N-methyl/N-ethyl adjacent to an activating group) is 1. The summed E-state index contributed by atoms with van der Waals surface area (Å²) in [6, 6.07) is 6.79. The fraction of sp³-hybridized carbons (Fsp3) is 0.526. The summed E-state index contributed by atoms with van der Waals surface area (Å²) in [5, 5.41) is 5.47. The summed E-state index contributed by atoms with van der Waals surface area (Å²) in [4.78, 5) is 37.7. The number of rotatable bonds is 9. The second-order valence-corrected chi connectivity index (χ2v) is 6.54. The molecule has 0 spiro atoms. The molecular formula is C19H29N3O4. The quantitative estimate of drug-likeness (QED) is 0.650. The molecule has 0 saturated carbocycles. The lowest BCUT2D eigenvalue weighted by Gasteiger charge is -2.23. The van der Waals surface area contributed by atoms with Crippen molar-refractivity contribution in [1.29, 1.82) is 0 Å². The highest BCUT2D eigenvalue weighted by atomic mass is 16.5. The Bertz CT molecular complexity index is 616. The first-order valence-corrected chi connectivity index (χ1v) is 8.69. The van der Waals surface area contributed by atoms with Crippen LogP contribution in [0.15, 0.2) is 24.3 Å². The van der Waals surface area contributed by atoms with Crippen molar-refractivity contribution in [1.82, 2.24) is 10.2 Å². The molecule has 0 aromatic heterocycles. The first-order chi connectivity index (χ1) is 12.3. The van der Waals surface area contributed by atoms with Gasteiger partial charge in [0.1, 0.15) is 6.04 Å². The number of carbonyl (C=O) groups excluding carboxylic acids is 3. The second kappa shape index (κ2) is 10.6. The third-order valence-corrected chi connectivity index (χ3v) is 4.15. The molecule has 0 radical (unpaired) electrons. The van der Waals surface area contributed by atoms with Crippen LogP contribution in [-0.2, 0) is 19.1 Å². The van der Waals surface area contributed by atoms with Gasteiger partial charge in [-0.25, -0.2) is 4.79 Å². The van der Waals surface area contributed by atoms with Crippen molar-refractivity contribution in [3.63, 3.8) is 0 Å². The zero-order valence-electron chi connectivity index (χ0n) is 16.2. The van der Waals surface area contributed by atoms with Crippen LogP contribution < -0.4 is 10.6 Å². The zero-order chi connectivity index (χ0) is 19.7. The predicted octanol–water partition coefficient (Wildman–Crippen LogP) is 1.57. The standard InChI is InChI=1S/C19H29N3O4/c1-6-14(3)18(19(25)26-5)21-17(24)12-22(4)11-16(23)20-15-9-7-13(2)8-10-15/h7-10,14,18H,6,11-12H2,1-5H3,(H,20,23)(H,21,24)/t14-,18-/m0/s1. The van der Waals surface area contributed by atoms with Gasteiger partial charge < -0.3 is 15.4 Å². The molecule has 2 atom stereocenters. The van der Waals surface area contributed by atoms with E-state index in [1.165, 1.54) is 7.11 Å². The number of nitrogens with one attached hydrogen (secondary N) is 2. The van der Waals surface area contributed by atoms with Gasteiger partial charge in [0, 0.05) is 5.69 Å². The minimum Gasteiger partial charge on any atom is -0.467 e. The summed E-state index contributed by atoms with van der Waals surface area (Å²) in [7, 11) is 2.97. The number of methoxy groups -OCH3 is 1. The Morgan fingerprint density at radius 3 is 2.23 bits per heavy atom. The van der Waals surface area contributed by atoms with Gasteiger partial charge >= 0.3 is 5.97 Å². The molecular weight excluding hydrogens is 334 g/mol. The SMILES string of the molecule is CC[C@H](C)[C@H](NC(=O)CN(C)CC(=O)Nc1ccc(C)cc1)C(=O)OC. The van der Waals surface area contributed by atoms with Gasteiger partial charge in [-0.05, 0) is 32.0 Å². The fourth-order valence-corrected chi connectivity index (χ4v) is 2.40. The van der Waals surface area contributed by atoms with Crippen molar-refractivity contribution >= 4 is 23.5 Å². The van der Waals surface area contributed by atoms with E-state index in [-0.39, 0.29) is 30.8 Å². The molecule has 0 aliphatic rings. The maximum absolute atomic E-state index is 12.2. The van der Waals surface area contributed by atoms with Crippen molar-refractivity contribution in [3.05, 3.63) is 29.8 Å². The summed E-state index contributed by atoms with van der Waals surface area (Å²) in [5.74, 6) is -1.05. The fourth-order valence-electron chi connectivity index (χ4n) is 2.40. The van der Waals surface area contributed by atoms with Crippen molar-refractivity contribution in [2.24, 2.45) is 5.92 Å². The average molecular weight is 363 g/mol. The number of hydrogen-bond donors (Lipinski definition) is 2. The Hall–Kier alpha value is -2.41. The van der Waals surface area contributed by atoms with Gasteiger partial charge in [0.25, 0.3) is 0 Å². The molecule has 0 aliphatic carbocycles. The van der Waals surface area contributed by atoms with Crippen molar-refractivity contribution in [3.8, 4) is 0 Å². The molecule has 26 heavy (non-hydrogen) atoms. The van der Waals surface area contributed by atoms with Crippen LogP contribution >= 0.6 is 0 Å². The van der Waals surface area contributed by atoms with E-state index in [1.807, 2.05) is 45.0 Å². The number of ether oxygens (including phenoxy) is 1. The van der Waals surface area contributed by atoms with E-state index in [1.54, 1.807) is 11.9 Å². The van der Waals surface area contributed by atoms with Gasteiger partial charge in [-0.2, -0.15) is 0 Å². The monoisotopic (exact) mass is 363 g/mol. The number of aryl methyl sites for hydroxylation is 1. The van der Waals surface area contributed by atoms with Crippen LogP contribution in [0.1, 0.15) is 25.8 Å². The molecule has 1 aromatic rings. The number of nitrogens with zero attached hydrogens (tertiary/aromatic N) is 1. The van der Waals surface area contributed by atoms with Gasteiger partial charge in [-0.3, -0.25) is 14.5 Å². The molecule has 2 amide bonds. The van der Waals surface area contributed by atoms with Gasteiger partial charge in [0.2, 0.25) is 11.8 Å². The van der Waals surface area contributed by atoms with E-state index >= 15 is 0 Å². The molecule has 0 bridgehead atoms.